The van der Waals surface area contributed by atoms with Crippen molar-refractivity contribution in [2.75, 3.05) is 18.9 Å². The summed E-state index contributed by atoms with van der Waals surface area (Å²) < 4.78 is 0. The number of nitrogens with zero attached hydrogens (tertiary/aromatic N) is 1. The summed E-state index contributed by atoms with van der Waals surface area (Å²) in [7, 11) is 1.76. The van der Waals surface area contributed by atoms with Crippen molar-refractivity contribution in [3.63, 3.8) is 0 Å². The molecule has 0 radical (unpaired) electrons. The molecule has 5 heteroatoms. The Labute approximate surface area is 119 Å². The van der Waals surface area contributed by atoms with Crippen LogP contribution in [0.5, 0.6) is 0 Å². The number of unbranched alkanes of at least 4 members (excludes halogenated alkanes) is 2. The van der Waals surface area contributed by atoms with Gasteiger partial charge in [0, 0.05) is 19.3 Å². The molecule has 20 heavy (non-hydrogen) atoms. The maximum Gasteiger partial charge on any atom is 0.335 e. The van der Waals surface area contributed by atoms with Gasteiger partial charge in [0.1, 0.15) is 0 Å². The summed E-state index contributed by atoms with van der Waals surface area (Å²) in [6, 6.07) is 4.49. The number of aryl methyl sites for hydroxylation is 1. The van der Waals surface area contributed by atoms with Gasteiger partial charge in [-0.1, -0.05) is 19.8 Å². The van der Waals surface area contributed by atoms with Crippen LogP contribution >= 0.6 is 0 Å². The number of carboxylic acid groups (broad SMARTS) is 1. The van der Waals surface area contributed by atoms with Crippen molar-refractivity contribution >= 4 is 17.7 Å². The molecule has 110 valence electrons. The average Bonchev–Trinajstić information content (AvgIpc) is 2.40. The van der Waals surface area contributed by atoms with Gasteiger partial charge >= 0.3 is 12.0 Å². The number of urea groups is 1. The predicted octanol–water partition coefficient (Wildman–Crippen LogP) is 3.35. The molecule has 0 bridgehead atoms. The minimum absolute atomic E-state index is 0.174. The third-order valence-corrected chi connectivity index (χ3v) is 3.16. The lowest BCUT2D eigenvalue weighted by Gasteiger charge is -2.18. The van der Waals surface area contributed by atoms with Crippen LogP contribution in [-0.4, -0.2) is 35.6 Å². The van der Waals surface area contributed by atoms with Gasteiger partial charge in [0.15, 0.2) is 0 Å². The summed E-state index contributed by atoms with van der Waals surface area (Å²) in [5.74, 6) is -0.970. The van der Waals surface area contributed by atoms with E-state index in [0.29, 0.717) is 12.2 Å². The molecule has 0 aliphatic heterocycles. The van der Waals surface area contributed by atoms with Gasteiger partial charge < -0.3 is 15.3 Å². The highest BCUT2D eigenvalue weighted by atomic mass is 16.4. The van der Waals surface area contributed by atoms with E-state index in [1.54, 1.807) is 31.0 Å². The third kappa shape index (κ3) is 4.57. The molecule has 0 saturated heterocycles. The monoisotopic (exact) mass is 278 g/mol. The minimum Gasteiger partial charge on any atom is -0.478 e. The Morgan fingerprint density at radius 2 is 2.00 bits per heavy atom. The zero-order valence-electron chi connectivity index (χ0n) is 12.3. The molecule has 0 heterocycles. The molecule has 1 rings (SSSR count). The van der Waals surface area contributed by atoms with Crippen LogP contribution in [0.1, 0.15) is 42.1 Å². The first-order chi connectivity index (χ1) is 9.45. The standard InChI is InChI=1S/C15H22N2O3/c1-4-5-6-9-17(3)15(20)16-13-8-7-12(14(18)19)10-11(13)2/h7-8,10H,4-6,9H2,1-3H3,(H,16,20)(H,18,19). The van der Waals surface area contributed by atoms with E-state index in [4.69, 9.17) is 5.11 Å². The zero-order valence-corrected chi connectivity index (χ0v) is 12.3. The molecule has 0 aromatic heterocycles. The van der Waals surface area contributed by atoms with Crippen LogP contribution in [0.3, 0.4) is 0 Å². The molecular weight excluding hydrogens is 256 g/mol. The second-order valence-corrected chi connectivity index (χ2v) is 4.89. The molecule has 0 fully saturated rings. The number of carbonyl (C=O) groups excluding carboxylic acids is 1. The van der Waals surface area contributed by atoms with Crippen molar-refractivity contribution < 1.29 is 14.7 Å². The van der Waals surface area contributed by atoms with Crippen molar-refractivity contribution in [2.24, 2.45) is 0 Å². The molecular formula is C15H22N2O3. The van der Waals surface area contributed by atoms with Gasteiger partial charge in [-0.05, 0) is 37.1 Å². The Kier molecular flexibility index (Phi) is 6.03. The van der Waals surface area contributed by atoms with Gasteiger partial charge in [0.05, 0.1) is 5.56 Å². The molecule has 0 aliphatic rings. The number of hydrogen-bond donors (Lipinski definition) is 2. The summed E-state index contributed by atoms with van der Waals surface area (Å²) in [5.41, 5.74) is 1.60. The number of rotatable bonds is 6. The molecule has 1 aromatic carbocycles. The molecule has 0 atom stereocenters. The Morgan fingerprint density at radius 3 is 2.55 bits per heavy atom. The van der Waals surface area contributed by atoms with E-state index in [9.17, 15) is 9.59 Å². The normalized spacial score (nSPS) is 10.2. The lowest BCUT2D eigenvalue weighted by Crippen LogP contribution is -2.32. The maximum atomic E-state index is 12.0. The summed E-state index contributed by atoms with van der Waals surface area (Å²) in [5, 5.41) is 11.7. The fourth-order valence-electron chi connectivity index (χ4n) is 1.85. The number of hydrogen-bond acceptors (Lipinski definition) is 2. The van der Waals surface area contributed by atoms with Crippen LogP contribution < -0.4 is 5.32 Å². The highest BCUT2D eigenvalue weighted by Gasteiger charge is 2.11. The van der Waals surface area contributed by atoms with E-state index in [2.05, 4.69) is 12.2 Å². The van der Waals surface area contributed by atoms with E-state index >= 15 is 0 Å². The Morgan fingerprint density at radius 1 is 1.30 bits per heavy atom. The minimum atomic E-state index is -0.970. The number of benzene rings is 1. The van der Waals surface area contributed by atoms with Crippen LogP contribution in [0.2, 0.25) is 0 Å². The highest BCUT2D eigenvalue weighted by Crippen LogP contribution is 2.17. The van der Waals surface area contributed by atoms with Crippen LogP contribution in [-0.2, 0) is 0 Å². The number of aromatic carboxylic acids is 1. The quantitative estimate of drug-likeness (QED) is 0.784. The molecule has 2 N–H and O–H groups in total. The SMILES string of the molecule is CCCCCN(C)C(=O)Nc1ccc(C(=O)O)cc1C. The van der Waals surface area contributed by atoms with Crippen molar-refractivity contribution in [3.05, 3.63) is 29.3 Å². The van der Waals surface area contributed by atoms with E-state index < -0.39 is 5.97 Å². The van der Waals surface area contributed by atoms with Crippen molar-refractivity contribution in [3.8, 4) is 0 Å². The molecule has 0 spiro atoms. The van der Waals surface area contributed by atoms with Gasteiger partial charge in [-0.25, -0.2) is 9.59 Å². The maximum absolute atomic E-state index is 12.0. The van der Waals surface area contributed by atoms with Crippen LogP contribution in [0.15, 0.2) is 18.2 Å². The van der Waals surface area contributed by atoms with Gasteiger partial charge in [0.25, 0.3) is 0 Å². The second-order valence-electron chi connectivity index (χ2n) is 4.89. The first-order valence-electron chi connectivity index (χ1n) is 6.81. The number of carbonyl (C=O) groups is 2. The summed E-state index contributed by atoms with van der Waals surface area (Å²) >= 11 is 0. The number of nitrogens with one attached hydrogen (secondary N) is 1. The molecule has 0 unspecified atom stereocenters. The number of amides is 2. The predicted molar refractivity (Wildman–Crippen MR) is 79.3 cm³/mol. The average molecular weight is 278 g/mol. The van der Waals surface area contributed by atoms with E-state index in [1.165, 1.54) is 6.07 Å². The topological polar surface area (TPSA) is 69.6 Å². The van der Waals surface area contributed by atoms with Gasteiger partial charge in [0.2, 0.25) is 0 Å². The van der Waals surface area contributed by atoms with E-state index in [1.807, 2.05) is 0 Å². The third-order valence-electron chi connectivity index (χ3n) is 3.16. The summed E-state index contributed by atoms with van der Waals surface area (Å²) in [6.45, 7) is 4.61. The van der Waals surface area contributed by atoms with Crippen LogP contribution in [0.4, 0.5) is 10.5 Å². The second kappa shape index (κ2) is 7.53. The van der Waals surface area contributed by atoms with Gasteiger partial charge in [-0.3, -0.25) is 0 Å². The zero-order chi connectivity index (χ0) is 15.1. The highest BCUT2D eigenvalue weighted by molar-refractivity contribution is 5.92. The molecule has 1 aromatic rings. The smallest absolute Gasteiger partial charge is 0.335 e. The van der Waals surface area contributed by atoms with Crippen LogP contribution in [0, 0.1) is 6.92 Å². The number of anilines is 1. The Balaban J connectivity index is 2.64. The van der Waals surface area contributed by atoms with E-state index in [-0.39, 0.29) is 11.6 Å². The van der Waals surface area contributed by atoms with Crippen LogP contribution in [0.25, 0.3) is 0 Å². The van der Waals surface area contributed by atoms with Gasteiger partial charge in [-0.2, -0.15) is 0 Å². The Bertz CT molecular complexity index is 486. The Hall–Kier alpha value is -2.04. The van der Waals surface area contributed by atoms with Crippen molar-refractivity contribution in [2.45, 2.75) is 33.1 Å². The lowest BCUT2D eigenvalue weighted by atomic mass is 10.1. The molecule has 0 saturated carbocycles. The lowest BCUT2D eigenvalue weighted by molar-refractivity contribution is 0.0697. The summed E-state index contributed by atoms with van der Waals surface area (Å²) in [4.78, 5) is 24.5. The summed E-state index contributed by atoms with van der Waals surface area (Å²) in [6.07, 6.45) is 3.20. The number of carboxylic acids is 1. The molecule has 5 nitrogen and oxygen atoms in total. The van der Waals surface area contributed by atoms with Gasteiger partial charge in [-0.15, -0.1) is 0 Å². The first kappa shape index (κ1) is 16.0. The molecule has 2 amide bonds. The largest absolute Gasteiger partial charge is 0.478 e. The first-order valence-corrected chi connectivity index (χ1v) is 6.81. The fraction of sp³-hybridized carbons (Fsp3) is 0.467. The van der Waals surface area contributed by atoms with Crippen molar-refractivity contribution in [1.82, 2.24) is 4.90 Å². The molecule has 0 aliphatic carbocycles. The van der Waals surface area contributed by atoms with Crippen molar-refractivity contribution in [1.29, 1.82) is 0 Å². The van der Waals surface area contributed by atoms with E-state index in [0.717, 1.165) is 24.8 Å². The fourth-order valence-corrected chi connectivity index (χ4v) is 1.85.